The molecule has 6 N–H and O–H groups in total. The Balaban J connectivity index is 1.37. The lowest BCUT2D eigenvalue weighted by Gasteiger charge is -2.16. The van der Waals surface area contributed by atoms with Crippen LogP contribution in [0.5, 0.6) is 0 Å². The summed E-state index contributed by atoms with van der Waals surface area (Å²) >= 11 is 0. The lowest BCUT2D eigenvalue weighted by atomic mass is 9.96. The molecule has 4 aromatic heterocycles. The van der Waals surface area contributed by atoms with Crippen LogP contribution in [0, 0.1) is 6.92 Å². The van der Waals surface area contributed by atoms with E-state index in [0.29, 0.717) is 12.1 Å². The molecule has 7 heteroatoms. The number of furan rings is 1. The molecule has 0 radical (unpaired) electrons. The van der Waals surface area contributed by atoms with E-state index in [1.54, 1.807) is 12.5 Å². The summed E-state index contributed by atoms with van der Waals surface area (Å²) in [7, 11) is 0. The maximum absolute atomic E-state index is 6.60. The zero-order valence-electron chi connectivity index (χ0n) is 19.4. The van der Waals surface area contributed by atoms with Crippen molar-refractivity contribution in [3.63, 3.8) is 0 Å². The number of hydrogen-bond acceptors (Lipinski definition) is 5. The van der Waals surface area contributed by atoms with Crippen LogP contribution < -0.4 is 11.5 Å². The van der Waals surface area contributed by atoms with Gasteiger partial charge in [-0.1, -0.05) is 24.3 Å². The van der Waals surface area contributed by atoms with Gasteiger partial charge in [0.2, 0.25) is 0 Å². The molecule has 0 saturated carbocycles. The summed E-state index contributed by atoms with van der Waals surface area (Å²) in [6.45, 7) is 2.01. The molecule has 4 heterocycles. The summed E-state index contributed by atoms with van der Waals surface area (Å²) in [4.78, 5) is 8.34. The molecule has 0 fully saturated rings. The molecular formula is C28H26N6O. The van der Waals surface area contributed by atoms with Gasteiger partial charge in [-0.15, -0.1) is 0 Å². The van der Waals surface area contributed by atoms with Crippen molar-refractivity contribution >= 4 is 27.5 Å². The van der Waals surface area contributed by atoms with Crippen LogP contribution in [0.3, 0.4) is 0 Å². The largest absolute Gasteiger partial charge is 0.472 e. The molecule has 1 atom stereocenters. The molecule has 0 spiro atoms. The van der Waals surface area contributed by atoms with Crippen LogP contribution in [0.25, 0.3) is 44.2 Å². The monoisotopic (exact) mass is 462 g/mol. The van der Waals surface area contributed by atoms with Gasteiger partial charge in [-0.3, -0.25) is 5.10 Å². The Morgan fingerprint density at radius 1 is 1.00 bits per heavy atom. The van der Waals surface area contributed by atoms with E-state index in [0.717, 1.165) is 56.6 Å². The first-order valence-electron chi connectivity index (χ1n) is 11.6. The van der Waals surface area contributed by atoms with E-state index in [9.17, 15) is 0 Å². The maximum Gasteiger partial charge on any atom is 0.0996 e. The number of pyridine rings is 1. The Morgan fingerprint density at radius 2 is 1.89 bits per heavy atom. The van der Waals surface area contributed by atoms with Crippen molar-refractivity contribution < 1.29 is 4.42 Å². The number of aromatic amines is 2. The summed E-state index contributed by atoms with van der Waals surface area (Å²) in [6.07, 6.45) is 6.69. The van der Waals surface area contributed by atoms with Gasteiger partial charge in [-0.2, -0.15) is 5.10 Å². The Labute approximate surface area is 202 Å². The van der Waals surface area contributed by atoms with Crippen LogP contribution in [-0.4, -0.2) is 26.2 Å². The second-order valence-electron chi connectivity index (χ2n) is 9.04. The van der Waals surface area contributed by atoms with Gasteiger partial charge < -0.3 is 20.9 Å². The van der Waals surface area contributed by atoms with E-state index in [4.69, 9.17) is 20.9 Å². The quantitative estimate of drug-likeness (QED) is 0.265. The highest BCUT2D eigenvalue weighted by Crippen LogP contribution is 2.35. The fraction of sp³-hybridized carbons (Fsp3) is 0.143. The molecule has 0 aliphatic carbocycles. The van der Waals surface area contributed by atoms with Crippen molar-refractivity contribution in [2.24, 2.45) is 5.73 Å². The number of nitrogens with two attached hydrogens (primary N) is 2. The number of H-pyrrole nitrogens is 2. The van der Waals surface area contributed by atoms with E-state index in [2.05, 4.69) is 33.4 Å². The molecule has 6 rings (SSSR count). The number of nitrogens with one attached hydrogen (secondary N) is 2. The number of nitrogen functional groups attached to an aromatic ring is 1. The van der Waals surface area contributed by atoms with E-state index >= 15 is 0 Å². The summed E-state index contributed by atoms with van der Waals surface area (Å²) < 4.78 is 5.38. The van der Waals surface area contributed by atoms with Crippen LogP contribution in [0.2, 0.25) is 0 Å². The lowest BCUT2D eigenvalue weighted by molar-refractivity contribution is 0.568. The molecule has 6 aromatic rings. The number of para-hydroxylation sites is 1. The minimum absolute atomic E-state index is 0.128. The van der Waals surface area contributed by atoms with Crippen molar-refractivity contribution in [3.8, 4) is 22.4 Å². The molecule has 0 saturated heterocycles. The smallest absolute Gasteiger partial charge is 0.0996 e. The van der Waals surface area contributed by atoms with E-state index < -0.39 is 0 Å². The van der Waals surface area contributed by atoms with E-state index in [1.807, 2.05) is 49.5 Å². The lowest BCUT2D eigenvalue weighted by Crippen LogP contribution is -2.26. The van der Waals surface area contributed by atoms with Crippen molar-refractivity contribution in [2.45, 2.75) is 25.8 Å². The van der Waals surface area contributed by atoms with Gasteiger partial charge in [0.25, 0.3) is 0 Å². The summed E-state index contributed by atoms with van der Waals surface area (Å²) in [5.74, 6) is 0. The van der Waals surface area contributed by atoms with Crippen LogP contribution in [0.15, 0.2) is 77.7 Å². The van der Waals surface area contributed by atoms with Crippen molar-refractivity contribution in [3.05, 3.63) is 90.3 Å². The third-order valence-corrected chi connectivity index (χ3v) is 6.60. The Morgan fingerprint density at radius 3 is 2.74 bits per heavy atom. The number of fused-ring (bicyclic) bond motifs is 2. The van der Waals surface area contributed by atoms with Gasteiger partial charge in [0, 0.05) is 51.8 Å². The second-order valence-corrected chi connectivity index (χ2v) is 9.04. The predicted molar refractivity (Wildman–Crippen MR) is 140 cm³/mol. The molecule has 2 aromatic carbocycles. The first-order valence-corrected chi connectivity index (χ1v) is 11.6. The first-order chi connectivity index (χ1) is 17.1. The van der Waals surface area contributed by atoms with E-state index in [-0.39, 0.29) is 6.04 Å². The number of nitrogens with zero attached hydrogens (tertiary/aromatic N) is 2. The van der Waals surface area contributed by atoms with Gasteiger partial charge in [0.15, 0.2) is 0 Å². The molecule has 0 unspecified atom stereocenters. The van der Waals surface area contributed by atoms with Crippen molar-refractivity contribution in [1.29, 1.82) is 0 Å². The number of benzene rings is 2. The minimum atomic E-state index is -0.128. The number of aryl methyl sites for hydroxylation is 1. The summed E-state index contributed by atoms with van der Waals surface area (Å²) in [5.41, 5.74) is 22.5. The van der Waals surface area contributed by atoms with Gasteiger partial charge in [0.1, 0.15) is 0 Å². The fourth-order valence-corrected chi connectivity index (χ4v) is 4.78. The average Bonchev–Trinajstić information content (AvgIpc) is 3.61. The van der Waals surface area contributed by atoms with Gasteiger partial charge in [-0.05, 0) is 54.8 Å². The van der Waals surface area contributed by atoms with Crippen LogP contribution in [0.1, 0.15) is 17.0 Å². The highest BCUT2D eigenvalue weighted by atomic mass is 16.3. The second kappa shape index (κ2) is 8.45. The Bertz CT molecular complexity index is 1640. The van der Waals surface area contributed by atoms with E-state index in [1.165, 1.54) is 10.9 Å². The molecule has 0 amide bonds. The Kier molecular flexibility index (Phi) is 5.12. The number of rotatable bonds is 6. The highest BCUT2D eigenvalue weighted by Gasteiger charge is 2.18. The maximum atomic E-state index is 6.60. The van der Waals surface area contributed by atoms with Gasteiger partial charge >= 0.3 is 0 Å². The molecule has 0 bridgehead atoms. The average molecular weight is 463 g/mol. The third-order valence-electron chi connectivity index (χ3n) is 6.60. The minimum Gasteiger partial charge on any atom is -0.472 e. The summed E-state index contributed by atoms with van der Waals surface area (Å²) in [6, 6.07) is 18.2. The van der Waals surface area contributed by atoms with Crippen LogP contribution >= 0.6 is 0 Å². The van der Waals surface area contributed by atoms with Crippen LogP contribution in [0.4, 0.5) is 5.69 Å². The standard InChI is InChI=1S/C28H26N6O/c1-16-22-11-17(6-7-26(22)34-33-16)23-13-24(30)27(32-28(23)18-8-9-35-15-18)12-20(29)10-19-14-31-25-5-3-2-4-21(19)25/h2-9,11,13-15,20,31H,10,12,29-30H2,1H3,(H,33,34)/t20-/m0/s1. The van der Waals surface area contributed by atoms with Crippen molar-refractivity contribution in [2.75, 3.05) is 5.73 Å². The van der Waals surface area contributed by atoms with Crippen molar-refractivity contribution in [1.82, 2.24) is 20.2 Å². The highest BCUT2D eigenvalue weighted by molar-refractivity contribution is 5.90. The normalized spacial score (nSPS) is 12.5. The topological polar surface area (TPSA) is 123 Å². The molecular weight excluding hydrogens is 436 g/mol. The SMILES string of the molecule is Cc1[nH]nc2ccc(-c3cc(N)c(C[C@@H](N)Cc4c[nH]c5ccccc45)nc3-c3ccoc3)cc12. The fourth-order valence-electron chi connectivity index (χ4n) is 4.78. The Hall–Kier alpha value is -4.36. The summed E-state index contributed by atoms with van der Waals surface area (Å²) in [5, 5.41) is 9.66. The number of hydrogen-bond donors (Lipinski definition) is 4. The zero-order valence-corrected chi connectivity index (χ0v) is 19.4. The first kappa shape index (κ1) is 21.2. The molecule has 0 aliphatic rings. The van der Waals surface area contributed by atoms with Gasteiger partial charge in [0.05, 0.1) is 35.1 Å². The zero-order chi connectivity index (χ0) is 23.9. The molecule has 174 valence electrons. The number of aromatic nitrogens is 4. The number of anilines is 1. The third kappa shape index (κ3) is 3.86. The molecule has 35 heavy (non-hydrogen) atoms. The van der Waals surface area contributed by atoms with Gasteiger partial charge in [-0.25, -0.2) is 4.98 Å². The van der Waals surface area contributed by atoms with Crippen LogP contribution in [-0.2, 0) is 12.8 Å². The molecule has 0 aliphatic heterocycles. The predicted octanol–water partition coefficient (Wildman–Crippen LogP) is 5.37. The molecule has 7 nitrogen and oxygen atoms in total.